The van der Waals surface area contributed by atoms with E-state index in [1.807, 2.05) is 57.3 Å². The first-order valence-electron chi connectivity index (χ1n) is 14.7. The molecular weight excluding hydrogens is 538 g/mol. The fourth-order valence-corrected chi connectivity index (χ4v) is 6.03. The van der Waals surface area contributed by atoms with E-state index in [4.69, 9.17) is 15.2 Å². The highest BCUT2D eigenvalue weighted by Gasteiger charge is 2.37. The molecule has 4 N–H and O–H groups in total. The third kappa shape index (κ3) is 8.82. The molecule has 1 aromatic rings. The summed E-state index contributed by atoms with van der Waals surface area (Å²) in [6, 6.07) is 7.28. The van der Waals surface area contributed by atoms with Gasteiger partial charge < -0.3 is 35.2 Å². The maximum atomic E-state index is 12.9. The summed E-state index contributed by atoms with van der Waals surface area (Å²) in [5, 5.41) is 20.6. The van der Waals surface area contributed by atoms with Crippen LogP contribution in [-0.4, -0.2) is 83.1 Å². The van der Waals surface area contributed by atoms with Gasteiger partial charge in [0.15, 0.2) is 0 Å². The van der Waals surface area contributed by atoms with Gasteiger partial charge in [0.2, 0.25) is 0 Å². The molecule has 0 radical (unpaired) electrons. The van der Waals surface area contributed by atoms with Gasteiger partial charge in [-0.2, -0.15) is 0 Å². The van der Waals surface area contributed by atoms with Crippen molar-refractivity contribution in [3.05, 3.63) is 53.1 Å². The van der Waals surface area contributed by atoms with Crippen LogP contribution in [0.2, 0.25) is 0 Å². The van der Waals surface area contributed by atoms with E-state index < -0.39 is 36.0 Å². The number of aliphatic hydroxyl groups excluding tert-OH is 1. The zero-order valence-electron chi connectivity index (χ0n) is 25.7. The predicted octanol–water partition coefficient (Wildman–Crippen LogP) is 4.62. The minimum atomic E-state index is -0.932. The fraction of sp³-hybridized carbons (Fsp3) is 0.594. The van der Waals surface area contributed by atoms with Gasteiger partial charge in [0.05, 0.1) is 18.6 Å². The summed E-state index contributed by atoms with van der Waals surface area (Å²) in [4.78, 5) is 40.1. The number of nitrogens with zero attached hydrogens (tertiary/aromatic N) is 2. The lowest BCUT2D eigenvalue weighted by atomic mass is 9.80. The van der Waals surface area contributed by atoms with E-state index in [1.165, 1.54) is 4.90 Å². The maximum Gasteiger partial charge on any atom is 0.407 e. The lowest BCUT2D eigenvalue weighted by Crippen LogP contribution is -2.57. The Kier molecular flexibility index (Phi) is 11.2. The first kappa shape index (κ1) is 33.1. The number of carbonyl (C=O) groups is 3. The summed E-state index contributed by atoms with van der Waals surface area (Å²) >= 11 is 0. The Bertz CT molecular complexity index is 1180. The summed E-state index contributed by atoms with van der Waals surface area (Å²) in [5.74, 6) is -0.696. The normalized spacial score (nSPS) is 29.5. The van der Waals surface area contributed by atoms with Gasteiger partial charge in [-0.05, 0) is 69.3 Å². The summed E-state index contributed by atoms with van der Waals surface area (Å²) in [7, 11) is 2.00. The third-order valence-electron chi connectivity index (χ3n) is 8.48. The molecule has 10 nitrogen and oxygen atoms in total. The minimum Gasteiger partial charge on any atom is -0.465 e. The molecule has 0 aromatic heterocycles. The zero-order chi connectivity index (χ0) is 31.2. The van der Waals surface area contributed by atoms with Crippen molar-refractivity contribution in [2.75, 3.05) is 26.7 Å². The Labute approximate surface area is 249 Å². The molecule has 1 unspecified atom stereocenters. The molecule has 2 aliphatic heterocycles. The van der Waals surface area contributed by atoms with Gasteiger partial charge in [-0.25, -0.2) is 9.59 Å². The van der Waals surface area contributed by atoms with E-state index in [2.05, 4.69) is 17.9 Å². The number of ether oxygens (including phenoxy) is 2. The topological polar surface area (TPSA) is 143 Å². The number of piperazine rings is 1. The summed E-state index contributed by atoms with van der Waals surface area (Å²) < 4.78 is 11.2. The van der Waals surface area contributed by atoms with Crippen molar-refractivity contribution in [1.29, 1.82) is 0 Å². The Balaban J connectivity index is 1.97. The summed E-state index contributed by atoms with van der Waals surface area (Å²) in [6.45, 7) is 11.2. The highest BCUT2D eigenvalue weighted by Crippen LogP contribution is 2.32. The molecule has 1 saturated heterocycles. The number of esters is 1. The molecule has 1 fully saturated rings. The van der Waals surface area contributed by atoms with E-state index in [9.17, 15) is 24.6 Å². The minimum absolute atomic E-state index is 0.0808. The van der Waals surface area contributed by atoms with Crippen molar-refractivity contribution < 1.29 is 34.1 Å². The number of rotatable bonds is 5. The van der Waals surface area contributed by atoms with Gasteiger partial charge in [-0.3, -0.25) is 4.79 Å². The fourth-order valence-electron chi connectivity index (χ4n) is 6.03. The molecule has 0 spiro atoms. The maximum absolute atomic E-state index is 12.9. The largest absolute Gasteiger partial charge is 0.465 e. The van der Waals surface area contributed by atoms with Crippen LogP contribution < -0.4 is 5.73 Å². The number of carboxylic acid groups (broad SMARTS) is 1. The molecule has 0 bridgehead atoms. The number of amides is 2. The summed E-state index contributed by atoms with van der Waals surface area (Å²) in [6.07, 6.45) is 3.75. The van der Waals surface area contributed by atoms with Gasteiger partial charge in [0.1, 0.15) is 11.7 Å². The second kappa shape index (κ2) is 14.2. The second-order valence-electron chi connectivity index (χ2n) is 12.4. The van der Waals surface area contributed by atoms with E-state index in [1.54, 1.807) is 13.8 Å². The molecule has 2 heterocycles. The van der Waals surface area contributed by atoms with Crippen LogP contribution in [0.1, 0.15) is 65.0 Å². The smallest absolute Gasteiger partial charge is 0.407 e. The molecule has 42 heavy (non-hydrogen) atoms. The van der Waals surface area contributed by atoms with Gasteiger partial charge in [0.25, 0.3) is 0 Å². The molecule has 1 aromatic carbocycles. The number of aliphatic hydroxyl groups is 1. The van der Waals surface area contributed by atoms with Crippen LogP contribution in [0.3, 0.4) is 0 Å². The molecule has 0 saturated carbocycles. The Morgan fingerprint density at radius 2 is 1.88 bits per heavy atom. The number of carbonyl (C=O) groups excluding carboxylic acids is 2. The van der Waals surface area contributed by atoms with Crippen LogP contribution in [0.15, 0.2) is 42.0 Å². The van der Waals surface area contributed by atoms with Gasteiger partial charge in [0, 0.05) is 31.5 Å². The molecule has 232 valence electrons. The third-order valence-corrected chi connectivity index (χ3v) is 8.48. The second-order valence-corrected chi connectivity index (χ2v) is 12.4. The molecule has 2 amide bonds. The Hall–Kier alpha value is -3.37. The van der Waals surface area contributed by atoms with E-state index in [0.717, 1.165) is 16.7 Å². The van der Waals surface area contributed by atoms with Gasteiger partial charge in [-0.15, -0.1) is 0 Å². The van der Waals surface area contributed by atoms with Crippen molar-refractivity contribution in [2.24, 2.45) is 23.5 Å². The first-order chi connectivity index (χ1) is 19.7. The monoisotopic (exact) mass is 585 g/mol. The number of likely N-dealkylation sites (N-methyl/N-ethyl adjacent to an activating group) is 1. The number of nitrogens with two attached hydrogens (primary N) is 1. The molecule has 0 aliphatic carbocycles. The van der Waals surface area contributed by atoms with Gasteiger partial charge in [-0.1, -0.05) is 50.3 Å². The SMILES string of the molecule is C/C(=C\c1cccc(C(C)(C)OC(N)=O)c1)[C@H]1OC(=O)C[C@H](O)CC[C@H](C)[C@@H](C2CN(C)CCN2C(=O)O)/C=C/[C@@H]1C. The van der Waals surface area contributed by atoms with Crippen molar-refractivity contribution in [3.8, 4) is 0 Å². The number of primary amides is 1. The average molecular weight is 586 g/mol. The van der Waals surface area contributed by atoms with Crippen LogP contribution >= 0.6 is 0 Å². The van der Waals surface area contributed by atoms with E-state index in [-0.39, 0.29) is 30.2 Å². The molecule has 10 heteroatoms. The van der Waals surface area contributed by atoms with Crippen molar-refractivity contribution in [1.82, 2.24) is 9.80 Å². The standard InChI is InChI=1S/C32H47N3O7/c1-20-10-12-25(36)18-28(37)41-29(21(2)11-13-26(20)27-19-34(6)14-15-35(27)31(39)40)22(3)16-23-8-7-9-24(17-23)32(4,5)42-30(33)38/h7-9,11,13,16-17,20-21,25-27,29,36H,10,12,14-15,18-19H2,1-6H3,(H2,33,38)(H,39,40)/b13-11+,22-16+/t20-,21-,25+,26-,27?,29-/m0/s1. The van der Waals surface area contributed by atoms with Crippen molar-refractivity contribution in [2.45, 2.75) is 77.7 Å². The van der Waals surface area contributed by atoms with Crippen LogP contribution in [0.5, 0.6) is 0 Å². The molecule has 2 aliphatic rings. The number of hydrogen-bond acceptors (Lipinski definition) is 7. The number of hydrogen-bond donors (Lipinski definition) is 3. The van der Waals surface area contributed by atoms with Crippen molar-refractivity contribution >= 4 is 24.2 Å². The van der Waals surface area contributed by atoms with Gasteiger partial charge >= 0.3 is 18.2 Å². The van der Waals surface area contributed by atoms with E-state index in [0.29, 0.717) is 32.5 Å². The predicted molar refractivity (Wildman–Crippen MR) is 160 cm³/mol. The number of benzene rings is 1. The zero-order valence-corrected chi connectivity index (χ0v) is 25.7. The summed E-state index contributed by atoms with van der Waals surface area (Å²) in [5.41, 5.74) is 6.71. The van der Waals surface area contributed by atoms with Crippen LogP contribution in [0, 0.1) is 17.8 Å². The Morgan fingerprint density at radius 1 is 1.17 bits per heavy atom. The highest BCUT2D eigenvalue weighted by atomic mass is 16.6. The Morgan fingerprint density at radius 3 is 2.55 bits per heavy atom. The average Bonchev–Trinajstić information content (AvgIpc) is 2.89. The molecular formula is C32H47N3O7. The highest BCUT2D eigenvalue weighted by molar-refractivity contribution is 5.71. The van der Waals surface area contributed by atoms with E-state index >= 15 is 0 Å². The molecule has 3 rings (SSSR count). The van der Waals surface area contributed by atoms with Crippen LogP contribution in [-0.2, 0) is 19.9 Å². The van der Waals surface area contributed by atoms with Crippen LogP contribution in [0.25, 0.3) is 6.08 Å². The van der Waals surface area contributed by atoms with Crippen LogP contribution in [0.4, 0.5) is 9.59 Å². The lowest BCUT2D eigenvalue weighted by molar-refractivity contribution is -0.151. The first-order valence-corrected chi connectivity index (χ1v) is 14.7. The number of cyclic esters (lactones) is 1. The molecule has 6 atom stereocenters. The van der Waals surface area contributed by atoms with Crippen molar-refractivity contribution in [3.63, 3.8) is 0 Å². The quantitative estimate of drug-likeness (QED) is 0.336. The lowest BCUT2D eigenvalue weighted by Gasteiger charge is -2.43.